The van der Waals surface area contributed by atoms with Gasteiger partial charge in [0.1, 0.15) is 0 Å². The lowest BCUT2D eigenvalue weighted by Crippen LogP contribution is -2.52. The van der Waals surface area contributed by atoms with Crippen LogP contribution < -0.4 is 11.1 Å². The third-order valence-corrected chi connectivity index (χ3v) is 2.66. The van der Waals surface area contributed by atoms with Crippen LogP contribution in [0.25, 0.3) is 0 Å². The zero-order valence-electron chi connectivity index (χ0n) is 9.34. The third-order valence-electron chi connectivity index (χ3n) is 2.02. The van der Waals surface area contributed by atoms with Gasteiger partial charge in [0, 0.05) is 0 Å². The van der Waals surface area contributed by atoms with Gasteiger partial charge in [0.2, 0.25) is 5.91 Å². The van der Waals surface area contributed by atoms with E-state index in [-0.39, 0.29) is 0 Å². The Hall–Kier alpha value is -0.790. The summed E-state index contributed by atoms with van der Waals surface area (Å²) >= 11 is 1.55. The van der Waals surface area contributed by atoms with Gasteiger partial charge in [0.05, 0.1) is 12.1 Å². The SMILES string of the molecule is CSCC[C@@H](N)C(=O)N[C@H](C(=O)O)[C@@H](C)O. The van der Waals surface area contributed by atoms with Crippen LogP contribution in [0.15, 0.2) is 0 Å². The van der Waals surface area contributed by atoms with Gasteiger partial charge in [-0.25, -0.2) is 4.79 Å². The lowest BCUT2D eigenvalue weighted by atomic mass is 10.1. The fourth-order valence-electron chi connectivity index (χ4n) is 1.02. The molecule has 0 aliphatic heterocycles. The molecule has 16 heavy (non-hydrogen) atoms. The van der Waals surface area contributed by atoms with E-state index in [0.29, 0.717) is 6.42 Å². The largest absolute Gasteiger partial charge is 0.480 e. The van der Waals surface area contributed by atoms with Crippen LogP contribution in [0.1, 0.15) is 13.3 Å². The molecule has 0 heterocycles. The number of thioether (sulfide) groups is 1. The molecular weight excluding hydrogens is 232 g/mol. The van der Waals surface area contributed by atoms with Crippen molar-refractivity contribution < 1.29 is 19.8 Å². The molecule has 7 heteroatoms. The molecule has 0 aliphatic carbocycles. The molecule has 0 aromatic carbocycles. The number of nitrogens with two attached hydrogens (primary N) is 1. The number of rotatable bonds is 7. The highest BCUT2D eigenvalue weighted by Crippen LogP contribution is 2.00. The summed E-state index contributed by atoms with van der Waals surface area (Å²) in [5, 5.41) is 20.1. The van der Waals surface area contributed by atoms with Crippen LogP contribution in [0.5, 0.6) is 0 Å². The van der Waals surface area contributed by atoms with Crippen LogP contribution in [-0.2, 0) is 9.59 Å². The molecule has 94 valence electrons. The van der Waals surface area contributed by atoms with Crippen molar-refractivity contribution in [2.45, 2.75) is 31.5 Å². The monoisotopic (exact) mass is 250 g/mol. The molecule has 0 spiro atoms. The van der Waals surface area contributed by atoms with E-state index in [1.54, 1.807) is 11.8 Å². The Bertz CT molecular complexity index is 248. The topological polar surface area (TPSA) is 113 Å². The number of carbonyl (C=O) groups is 2. The minimum atomic E-state index is -1.31. The molecule has 0 bridgehead atoms. The maximum Gasteiger partial charge on any atom is 0.328 e. The molecule has 0 aromatic rings. The highest BCUT2D eigenvalue weighted by molar-refractivity contribution is 7.98. The smallest absolute Gasteiger partial charge is 0.328 e. The molecule has 5 N–H and O–H groups in total. The quantitative estimate of drug-likeness (QED) is 0.462. The summed E-state index contributed by atoms with van der Waals surface area (Å²) in [6.07, 6.45) is 1.20. The van der Waals surface area contributed by atoms with Crippen molar-refractivity contribution in [3.63, 3.8) is 0 Å². The van der Waals surface area contributed by atoms with Crippen molar-refractivity contribution in [3.05, 3.63) is 0 Å². The van der Waals surface area contributed by atoms with E-state index in [1.165, 1.54) is 6.92 Å². The van der Waals surface area contributed by atoms with Crippen LogP contribution in [-0.4, -0.2) is 52.3 Å². The molecule has 1 amide bonds. The standard InChI is InChI=1S/C9H18N2O4S/c1-5(12)7(9(14)15)11-8(13)6(10)3-4-16-2/h5-7,12H,3-4,10H2,1-2H3,(H,11,13)(H,14,15)/t5-,6-,7+/m1/s1. The van der Waals surface area contributed by atoms with Gasteiger partial charge in [0.25, 0.3) is 0 Å². The molecular formula is C9H18N2O4S. The van der Waals surface area contributed by atoms with E-state index in [1.807, 2.05) is 6.26 Å². The average Bonchev–Trinajstić information content (AvgIpc) is 2.20. The van der Waals surface area contributed by atoms with Crippen LogP contribution in [0.2, 0.25) is 0 Å². The first-order valence-corrected chi connectivity index (χ1v) is 6.25. The minimum absolute atomic E-state index is 0.471. The third kappa shape index (κ3) is 5.34. The molecule has 0 saturated carbocycles. The Morgan fingerprint density at radius 2 is 2.06 bits per heavy atom. The molecule has 0 saturated heterocycles. The van der Waals surface area contributed by atoms with Crippen LogP contribution in [0.4, 0.5) is 0 Å². The minimum Gasteiger partial charge on any atom is -0.480 e. The van der Waals surface area contributed by atoms with Crippen molar-refractivity contribution in [3.8, 4) is 0 Å². The van der Waals surface area contributed by atoms with Gasteiger partial charge in [-0.15, -0.1) is 0 Å². The second-order valence-corrected chi connectivity index (χ2v) is 4.44. The van der Waals surface area contributed by atoms with Gasteiger partial charge >= 0.3 is 5.97 Å². The molecule has 6 nitrogen and oxygen atoms in total. The second kappa shape index (κ2) is 7.48. The summed E-state index contributed by atoms with van der Waals surface area (Å²) < 4.78 is 0. The van der Waals surface area contributed by atoms with Gasteiger partial charge in [0.15, 0.2) is 6.04 Å². The summed E-state index contributed by atoms with van der Waals surface area (Å²) in [5.74, 6) is -1.11. The lowest BCUT2D eigenvalue weighted by molar-refractivity contribution is -0.145. The Morgan fingerprint density at radius 3 is 2.44 bits per heavy atom. The van der Waals surface area contributed by atoms with E-state index in [2.05, 4.69) is 5.32 Å². The first-order chi connectivity index (χ1) is 7.40. The first-order valence-electron chi connectivity index (χ1n) is 4.86. The molecule has 0 aliphatic rings. The van der Waals surface area contributed by atoms with Gasteiger partial charge in [-0.3, -0.25) is 4.79 Å². The Kier molecular flexibility index (Phi) is 7.11. The van der Waals surface area contributed by atoms with Crippen LogP contribution in [0, 0.1) is 0 Å². The van der Waals surface area contributed by atoms with Crippen molar-refractivity contribution in [1.82, 2.24) is 5.32 Å². The number of amides is 1. The Labute approximate surface area is 98.6 Å². The number of nitrogens with one attached hydrogen (secondary N) is 1. The zero-order valence-corrected chi connectivity index (χ0v) is 10.2. The van der Waals surface area contributed by atoms with E-state index >= 15 is 0 Å². The van der Waals surface area contributed by atoms with Gasteiger partial charge in [-0.2, -0.15) is 11.8 Å². The molecule has 0 unspecified atom stereocenters. The van der Waals surface area contributed by atoms with Crippen LogP contribution >= 0.6 is 11.8 Å². The van der Waals surface area contributed by atoms with E-state index < -0.39 is 30.1 Å². The van der Waals surface area contributed by atoms with Crippen molar-refractivity contribution in [1.29, 1.82) is 0 Å². The maximum atomic E-state index is 11.4. The fraction of sp³-hybridized carbons (Fsp3) is 0.778. The lowest BCUT2D eigenvalue weighted by Gasteiger charge is -2.19. The number of aliphatic hydroxyl groups excluding tert-OH is 1. The highest BCUT2D eigenvalue weighted by atomic mass is 32.2. The summed E-state index contributed by atoms with van der Waals surface area (Å²) in [6.45, 7) is 1.30. The summed E-state index contributed by atoms with van der Waals surface area (Å²) in [4.78, 5) is 22.1. The summed E-state index contributed by atoms with van der Waals surface area (Å²) in [6, 6.07) is -2.05. The van der Waals surface area contributed by atoms with Gasteiger partial charge < -0.3 is 21.3 Å². The number of carboxylic acid groups (broad SMARTS) is 1. The molecule has 3 atom stereocenters. The van der Waals surface area contributed by atoms with E-state index in [9.17, 15) is 9.59 Å². The zero-order chi connectivity index (χ0) is 12.7. The first kappa shape index (κ1) is 15.2. The summed E-state index contributed by atoms with van der Waals surface area (Å²) in [5.41, 5.74) is 5.55. The van der Waals surface area contributed by atoms with Gasteiger partial charge in [-0.1, -0.05) is 0 Å². The Balaban J connectivity index is 4.24. The van der Waals surface area contributed by atoms with Crippen molar-refractivity contribution >= 4 is 23.6 Å². The average molecular weight is 250 g/mol. The van der Waals surface area contributed by atoms with E-state index in [4.69, 9.17) is 15.9 Å². The number of aliphatic hydroxyl groups is 1. The van der Waals surface area contributed by atoms with Crippen LogP contribution in [0.3, 0.4) is 0 Å². The number of aliphatic carboxylic acids is 1. The molecule has 0 rings (SSSR count). The molecule has 0 radical (unpaired) electrons. The number of carboxylic acids is 1. The molecule has 0 fully saturated rings. The second-order valence-electron chi connectivity index (χ2n) is 3.45. The number of hydrogen-bond acceptors (Lipinski definition) is 5. The number of carbonyl (C=O) groups excluding carboxylic acids is 1. The normalized spacial score (nSPS) is 16.2. The summed E-state index contributed by atoms with van der Waals surface area (Å²) in [7, 11) is 0. The number of hydrogen-bond donors (Lipinski definition) is 4. The molecule has 0 aromatic heterocycles. The van der Waals surface area contributed by atoms with Crippen molar-refractivity contribution in [2.24, 2.45) is 5.73 Å². The maximum absolute atomic E-state index is 11.4. The fourth-order valence-corrected chi connectivity index (χ4v) is 1.51. The van der Waals surface area contributed by atoms with Gasteiger partial charge in [-0.05, 0) is 25.4 Å². The highest BCUT2D eigenvalue weighted by Gasteiger charge is 2.26. The van der Waals surface area contributed by atoms with Crippen molar-refractivity contribution in [2.75, 3.05) is 12.0 Å². The van der Waals surface area contributed by atoms with E-state index in [0.717, 1.165) is 5.75 Å². The predicted molar refractivity (Wildman–Crippen MR) is 62.2 cm³/mol. The predicted octanol–water partition coefficient (Wildman–Crippen LogP) is -0.983. The Morgan fingerprint density at radius 1 is 1.50 bits per heavy atom.